The van der Waals surface area contributed by atoms with Gasteiger partial charge in [-0.2, -0.15) is 0 Å². The van der Waals surface area contributed by atoms with Crippen molar-refractivity contribution < 1.29 is 17.9 Å². The molecule has 0 bridgehead atoms. The van der Waals surface area contributed by atoms with E-state index in [-0.39, 0.29) is 22.1 Å². The molecule has 8 nitrogen and oxygen atoms in total. The summed E-state index contributed by atoms with van der Waals surface area (Å²) in [6.45, 7) is 3.22. The van der Waals surface area contributed by atoms with Gasteiger partial charge in [-0.1, -0.05) is 18.5 Å². The molecule has 176 valence electrons. The zero-order chi connectivity index (χ0) is 23.8. The summed E-state index contributed by atoms with van der Waals surface area (Å²) in [5, 5.41) is 7.77. The number of nitrogens with zero attached hydrogens (tertiary/aromatic N) is 1. The number of methoxy groups -OCH3 is 1. The van der Waals surface area contributed by atoms with Crippen LogP contribution in [0.1, 0.15) is 30.1 Å². The van der Waals surface area contributed by atoms with E-state index < -0.39 is 10.0 Å². The van der Waals surface area contributed by atoms with Crippen LogP contribution in [0.3, 0.4) is 0 Å². The number of carbonyl (C=O) groups excluding carboxylic acids is 1. The van der Waals surface area contributed by atoms with E-state index in [1.54, 1.807) is 12.3 Å². The summed E-state index contributed by atoms with van der Waals surface area (Å²) >= 11 is 6.03. The molecular weight excluding hydrogens is 464 g/mol. The molecule has 0 radical (unpaired) electrons. The Morgan fingerprint density at radius 1 is 1.09 bits per heavy atom. The minimum atomic E-state index is -3.78. The van der Waals surface area contributed by atoms with Crippen molar-refractivity contribution in [3.05, 3.63) is 59.2 Å². The SMILES string of the molecule is CCCNS(=O)(=O)c1cc(C(=O)NCCCNc2ccnc3cc(Cl)ccc23)ccc1OC. The maximum absolute atomic E-state index is 12.6. The lowest BCUT2D eigenvalue weighted by atomic mass is 10.2. The van der Waals surface area contributed by atoms with E-state index in [1.165, 1.54) is 19.2 Å². The number of rotatable bonds is 11. The van der Waals surface area contributed by atoms with Gasteiger partial charge in [-0.05, 0) is 55.3 Å². The van der Waals surface area contributed by atoms with Crippen molar-refractivity contribution >= 4 is 44.1 Å². The number of nitrogens with one attached hydrogen (secondary N) is 3. The number of benzene rings is 2. The van der Waals surface area contributed by atoms with Crippen LogP contribution in [0.5, 0.6) is 5.75 Å². The van der Waals surface area contributed by atoms with Gasteiger partial charge < -0.3 is 15.4 Å². The van der Waals surface area contributed by atoms with Crippen LogP contribution in [0.25, 0.3) is 10.9 Å². The highest BCUT2D eigenvalue weighted by molar-refractivity contribution is 7.89. The number of ether oxygens (including phenoxy) is 1. The Hall–Kier alpha value is -2.88. The fraction of sp³-hybridized carbons (Fsp3) is 0.304. The first-order chi connectivity index (χ1) is 15.9. The predicted molar refractivity (Wildman–Crippen MR) is 131 cm³/mol. The summed E-state index contributed by atoms with van der Waals surface area (Å²) in [6.07, 6.45) is 3.04. The summed E-state index contributed by atoms with van der Waals surface area (Å²) in [5.74, 6) is -0.168. The number of halogens is 1. The Labute approximate surface area is 198 Å². The first-order valence-electron chi connectivity index (χ1n) is 10.6. The van der Waals surface area contributed by atoms with E-state index in [1.807, 2.05) is 31.2 Å². The van der Waals surface area contributed by atoms with Crippen molar-refractivity contribution in [3.63, 3.8) is 0 Å². The summed E-state index contributed by atoms with van der Waals surface area (Å²) in [5.41, 5.74) is 1.99. The van der Waals surface area contributed by atoms with Crippen LogP contribution in [-0.2, 0) is 10.0 Å². The Kier molecular flexibility index (Phi) is 8.49. The molecule has 3 N–H and O–H groups in total. The van der Waals surface area contributed by atoms with Gasteiger partial charge in [0.2, 0.25) is 10.0 Å². The van der Waals surface area contributed by atoms with Crippen LogP contribution in [-0.4, -0.2) is 46.1 Å². The molecule has 0 saturated carbocycles. The quantitative estimate of drug-likeness (QED) is 0.352. The second kappa shape index (κ2) is 11.3. The standard InChI is InChI=1S/C23H27ClN4O4S/c1-3-10-28-33(30,31)22-14-16(5-8-21(22)32-2)23(29)27-12-4-11-25-19-9-13-26-20-15-17(24)6-7-18(19)20/h5-9,13-15,28H,3-4,10-12H2,1-2H3,(H,25,26)(H,27,29). The number of pyridine rings is 1. The average Bonchev–Trinajstić information content (AvgIpc) is 2.81. The van der Waals surface area contributed by atoms with Crippen LogP contribution in [0.2, 0.25) is 5.02 Å². The van der Waals surface area contributed by atoms with Crippen LogP contribution < -0.4 is 20.1 Å². The molecule has 10 heteroatoms. The second-order valence-corrected chi connectivity index (χ2v) is 9.49. The van der Waals surface area contributed by atoms with Crippen LogP contribution in [0.15, 0.2) is 53.6 Å². The summed E-state index contributed by atoms with van der Waals surface area (Å²) < 4.78 is 32.8. The molecule has 1 amide bonds. The number of hydrogen-bond acceptors (Lipinski definition) is 6. The monoisotopic (exact) mass is 490 g/mol. The molecule has 3 aromatic rings. The zero-order valence-corrected chi connectivity index (χ0v) is 20.1. The molecule has 0 aliphatic rings. The molecule has 0 spiro atoms. The van der Waals surface area contributed by atoms with E-state index in [0.717, 1.165) is 16.6 Å². The molecule has 0 unspecified atom stereocenters. The van der Waals surface area contributed by atoms with Gasteiger partial charge in [-0.3, -0.25) is 9.78 Å². The molecule has 0 aliphatic heterocycles. The minimum Gasteiger partial charge on any atom is -0.495 e. The van der Waals surface area contributed by atoms with E-state index in [9.17, 15) is 13.2 Å². The Bertz CT molecular complexity index is 1230. The van der Waals surface area contributed by atoms with Gasteiger partial charge in [-0.15, -0.1) is 0 Å². The summed E-state index contributed by atoms with van der Waals surface area (Å²) in [6, 6.07) is 11.8. The highest BCUT2D eigenvalue weighted by atomic mass is 35.5. The number of sulfonamides is 1. The van der Waals surface area contributed by atoms with Crippen molar-refractivity contribution in [2.75, 3.05) is 32.1 Å². The molecule has 0 saturated heterocycles. The number of fused-ring (bicyclic) bond motifs is 1. The fourth-order valence-corrected chi connectivity index (χ4v) is 4.73. The van der Waals surface area contributed by atoms with E-state index in [0.29, 0.717) is 37.5 Å². The minimum absolute atomic E-state index is 0.0579. The first kappa shape index (κ1) is 24.8. The van der Waals surface area contributed by atoms with Crippen molar-refractivity contribution in [2.24, 2.45) is 0 Å². The molecule has 33 heavy (non-hydrogen) atoms. The molecule has 3 rings (SSSR count). The number of carbonyl (C=O) groups is 1. The van der Waals surface area contributed by atoms with E-state index >= 15 is 0 Å². The third-order valence-electron chi connectivity index (χ3n) is 4.92. The highest BCUT2D eigenvalue weighted by Gasteiger charge is 2.21. The highest BCUT2D eigenvalue weighted by Crippen LogP contribution is 2.25. The Balaban J connectivity index is 1.57. The van der Waals surface area contributed by atoms with Crippen molar-refractivity contribution in [2.45, 2.75) is 24.7 Å². The fourth-order valence-electron chi connectivity index (χ4n) is 3.23. The van der Waals surface area contributed by atoms with Gasteiger partial charge in [0.05, 0.1) is 12.6 Å². The van der Waals surface area contributed by atoms with Gasteiger partial charge in [0.15, 0.2) is 0 Å². The predicted octanol–water partition coefficient (Wildman–Crippen LogP) is 3.82. The summed E-state index contributed by atoms with van der Waals surface area (Å²) in [4.78, 5) is 16.8. The van der Waals surface area contributed by atoms with Crippen molar-refractivity contribution in [3.8, 4) is 5.75 Å². The second-order valence-electron chi connectivity index (χ2n) is 7.32. The number of amides is 1. The van der Waals surface area contributed by atoms with Gasteiger partial charge in [-0.25, -0.2) is 13.1 Å². The van der Waals surface area contributed by atoms with E-state index in [4.69, 9.17) is 16.3 Å². The molecule has 1 aromatic heterocycles. The summed E-state index contributed by atoms with van der Waals surface area (Å²) in [7, 11) is -2.39. The number of hydrogen-bond donors (Lipinski definition) is 3. The smallest absolute Gasteiger partial charge is 0.251 e. The largest absolute Gasteiger partial charge is 0.495 e. The molecular formula is C23H27ClN4O4S. The first-order valence-corrected chi connectivity index (χ1v) is 12.5. The number of anilines is 1. The topological polar surface area (TPSA) is 109 Å². The lowest BCUT2D eigenvalue weighted by molar-refractivity contribution is 0.0953. The molecule has 2 aromatic carbocycles. The number of aromatic nitrogens is 1. The van der Waals surface area contributed by atoms with Gasteiger partial charge >= 0.3 is 0 Å². The van der Waals surface area contributed by atoms with Crippen LogP contribution >= 0.6 is 11.6 Å². The van der Waals surface area contributed by atoms with Crippen molar-refractivity contribution in [1.29, 1.82) is 0 Å². The lowest BCUT2D eigenvalue weighted by Crippen LogP contribution is -2.27. The lowest BCUT2D eigenvalue weighted by Gasteiger charge is -2.13. The van der Waals surface area contributed by atoms with Gasteiger partial charge in [0.25, 0.3) is 5.91 Å². The van der Waals surface area contributed by atoms with Crippen LogP contribution in [0, 0.1) is 0 Å². The maximum atomic E-state index is 12.6. The van der Waals surface area contributed by atoms with Crippen LogP contribution in [0.4, 0.5) is 5.69 Å². The third-order valence-corrected chi connectivity index (χ3v) is 6.63. The molecule has 0 fully saturated rings. The zero-order valence-electron chi connectivity index (χ0n) is 18.5. The third kappa shape index (κ3) is 6.34. The maximum Gasteiger partial charge on any atom is 0.251 e. The van der Waals surface area contributed by atoms with Crippen molar-refractivity contribution in [1.82, 2.24) is 15.0 Å². The van der Waals surface area contributed by atoms with Gasteiger partial charge in [0.1, 0.15) is 10.6 Å². The average molecular weight is 491 g/mol. The Morgan fingerprint density at radius 3 is 2.67 bits per heavy atom. The molecule has 0 atom stereocenters. The molecule has 0 aliphatic carbocycles. The molecule has 1 heterocycles. The normalized spacial score (nSPS) is 11.4. The Morgan fingerprint density at radius 2 is 1.91 bits per heavy atom. The van der Waals surface area contributed by atoms with E-state index in [2.05, 4.69) is 20.3 Å². The van der Waals surface area contributed by atoms with Gasteiger partial charge in [0, 0.05) is 47.5 Å².